The summed E-state index contributed by atoms with van der Waals surface area (Å²) in [4.78, 5) is 14.6. The highest BCUT2D eigenvalue weighted by atomic mass is 32.1. The van der Waals surface area contributed by atoms with E-state index in [9.17, 15) is 4.79 Å². The molecule has 0 amide bonds. The Bertz CT molecular complexity index is 499. The van der Waals surface area contributed by atoms with Gasteiger partial charge in [-0.05, 0) is 36.4 Å². The lowest BCUT2D eigenvalue weighted by molar-refractivity contribution is 0.0702. The Labute approximate surface area is 107 Å². The Morgan fingerprint density at radius 2 is 1.88 bits per heavy atom. The molecule has 0 aromatic carbocycles. The van der Waals surface area contributed by atoms with Gasteiger partial charge in [-0.3, -0.25) is 0 Å². The molecule has 84 valence electrons. The fourth-order valence-electron chi connectivity index (χ4n) is 1.34. The van der Waals surface area contributed by atoms with Gasteiger partial charge in [-0.1, -0.05) is 0 Å². The van der Waals surface area contributed by atoms with E-state index in [-0.39, 0.29) is 0 Å². The quantitative estimate of drug-likeness (QED) is 0.832. The van der Waals surface area contributed by atoms with Crippen LogP contribution in [0.1, 0.15) is 14.5 Å². The molecule has 2 aromatic heterocycles. The molecule has 0 saturated heterocycles. The molecule has 2 aromatic rings. The zero-order valence-corrected chi connectivity index (χ0v) is 10.9. The monoisotopic (exact) mass is 270 g/mol. The lowest BCUT2D eigenvalue weighted by Gasteiger charge is -1.90. The Balaban J connectivity index is 2.24. The fraction of sp³-hybridized carbons (Fsp3) is 0.182. The number of thiol groups is 1. The molecule has 1 N–H and O–H groups in total. The van der Waals surface area contributed by atoms with Crippen LogP contribution in [0.2, 0.25) is 0 Å². The highest BCUT2D eigenvalue weighted by Crippen LogP contribution is 2.33. The van der Waals surface area contributed by atoms with Crippen LogP contribution < -0.4 is 0 Å². The van der Waals surface area contributed by atoms with Crippen LogP contribution in [0.5, 0.6) is 0 Å². The largest absolute Gasteiger partial charge is 0.477 e. The van der Waals surface area contributed by atoms with Crippen molar-refractivity contribution in [3.8, 4) is 9.75 Å². The summed E-state index contributed by atoms with van der Waals surface area (Å²) in [6.45, 7) is 0. The van der Waals surface area contributed by atoms with E-state index in [1.807, 2.05) is 12.1 Å². The van der Waals surface area contributed by atoms with Crippen molar-refractivity contribution in [2.45, 2.75) is 6.42 Å². The third-order valence-electron chi connectivity index (χ3n) is 2.08. The minimum Gasteiger partial charge on any atom is -0.477 e. The Morgan fingerprint density at radius 1 is 1.19 bits per heavy atom. The molecule has 2 nitrogen and oxygen atoms in total. The number of aromatic carboxylic acids is 1. The summed E-state index contributed by atoms with van der Waals surface area (Å²) in [5.74, 6) is -0.0199. The Kier molecular flexibility index (Phi) is 3.68. The molecule has 5 heteroatoms. The third-order valence-corrected chi connectivity index (χ3v) is 4.72. The number of hydrogen-bond donors (Lipinski definition) is 2. The summed E-state index contributed by atoms with van der Waals surface area (Å²) in [6.07, 6.45) is 0.963. The molecular formula is C11H10O2S3. The third kappa shape index (κ3) is 2.48. The summed E-state index contributed by atoms with van der Waals surface area (Å²) in [6, 6.07) is 7.64. The van der Waals surface area contributed by atoms with Gasteiger partial charge in [0.25, 0.3) is 0 Å². The van der Waals surface area contributed by atoms with Gasteiger partial charge in [0.1, 0.15) is 4.88 Å². The molecule has 0 bridgehead atoms. The predicted octanol–water partition coefficient (Wildman–Crippen LogP) is 3.65. The zero-order chi connectivity index (χ0) is 11.5. The molecule has 2 heterocycles. The molecule has 0 atom stereocenters. The van der Waals surface area contributed by atoms with Gasteiger partial charge in [-0.2, -0.15) is 12.6 Å². The molecule has 16 heavy (non-hydrogen) atoms. The van der Waals surface area contributed by atoms with Gasteiger partial charge in [0.05, 0.1) is 0 Å². The van der Waals surface area contributed by atoms with Crippen molar-refractivity contribution in [3.63, 3.8) is 0 Å². The van der Waals surface area contributed by atoms with E-state index in [4.69, 9.17) is 5.11 Å². The van der Waals surface area contributed by atoms with E-state index >= 15 is 0 Å². The minimum absolute atomic E-state index is 0.388. The molecule has 0 radical (unpaired) electrons. The van der Waals surface area contributed by atoms with Gasteiger partial charge in [-0.25, -0.2) is 4.79 Å². The van der Waals surface area contributed by atoms with Crippen LogP contribution in [-0.4, -0.2) is 16.8 Å². The van der Waals surface area contributed by atoms with E-state index in [2.05, 4.69) is 18.7 Å². The average molecular weight is 270 g/mol. The normalized spacial score (nSPS) is 10.6. The van der Waals surface area contributed by atoms with Crippen molar-refractivity contribution in [1.82, 2.24) is 0 Å². The highest BCUT2D eigenvalue weighted by molar-refractivity contribution is 7.80. The summed E-state index contributed by atoms with van der Waals surface area (Å²) in [5.41, 5.74) is 0. The molecule has 0 saturated carbocycles. The maximum atomic E-state index is 10.8. The SMILES string of the molecule is O=C(O)c1ccc(-c2ccc(CCS)s2)s1. The molecule has 0 aliphatic heterocycles. The highest BCUT2D eigenvalue weighted by Gasteiger charge is 2.09. The summed E-state index contributed by atoms with van der Waals surface area (Å²) < 4.78 is 0. The van der Waals surface area contributed by atoms with E-state index in [0.29, 0.717) is 4.88 Å². The van der Waals surface area contributed by atoms with Crippen molar-refractivity contribution < 1.29 is 9.90 Å². The van der Waals surface area contributed by atoms with Crippen LogP contribution in [0, 0.1) is 0 Å². The summed E-state index contributed by atoms with van der Waals surface area (Å²) in [7, 11) is 0. The molecular weight excluding hydrogens is 260 g/mol. The van der Waals surface area contributed by atoms with Crippen molar-refractivity contribution in [3.05, 3.63) is 34.0 Å². The number of rotatable bonds is 4. The first kappa shape index (κ1) is 11.7. The van der Waals surface area contributed by atoms with Gasteiger partial charge in [0.15, 0.2) is 0 Å². The van der Waals surface area contributed by atoms with Crippen molar-refractivity contribution in [2.24, 2.45) is 0 Å². The molecule has 0 spiro atoms. The second kappa shape index (κ2) is 5.03. The van der Waals surface area contributed by atoms with Gasteiger partial charge in [0, 0.05) is 14.6 Å². The molecule has 0 fully saturated rings. The first-order valence-corrected chi connectivity index (χ1v) is 7.00. The van der Waals surface area contributed by atoms with Crippen LogP contribution in [0.25, 0.3) is 9.75 Å². The van der Waals surface area contributed by atoms with Crippen LogP contribution in [0.4, 0.5) is 0 Å². The summed E-state index contributed by atoms with van der Waals surface area (Å²) in [5, 5.41) is 8.84. The minimum atomic E-state index is -0.858. The zero-order valence-electron chi connectivity index (χ0n) is 8.34. The first-order valence-electron chi connectivity index (χ1n) is 4.74. The van der Waals surface area contributed by atoms with Gasteiger partial charge < -0.3 is 5.11 Å². The van der Waals surface area contributed by atoms with E-state index in [0.717, 1.165) is 21.9 Å². The lowest BCUT2D eigenvalue weighted by atomic mass is 10.3. The number of carboxylic acids is 1. The fourth-order valence-corrected chi connectivity index (χ4v) is 3.67. The van der Waals surface area contributed by atoms with Gasteiger partial charge in [0.2, 0.25) is 0 Å². The number of thiophene rings is 2. The molecule has 0 aliphatic rings. The average Bonchev–Trinajstić information content (AvgIpc) is 2.84. The second-order valence-corrected chi connectivity index (χ2v) is 5.91. The van der Waals surface area contributed by atoms with Crippen molar-refractivity contribution in [2.75, 3.05) is 5.75 Å². The number of aryl methyl sites for hydroxylation is 1. The van der Waals surface area contributed by atoms with Gasteiger partial charge in [-0.15, -0.1) is 22.7 Å². The maximum Gasteiger partial charge on any atom is 0.345 e. The topological polar surface area (TPSA) is 37.3 Å². The lowest BCUT2D eigenvalue weighted by Crippen LogP contribution is -1.89. The van der Waals surface area contributed by atoms with Crippen molar-refractivity contribution >= 4 is 41.3 Å². The molecule has 2 rings (SSSR count). The second-order valence-electron chi connectivity index (χ2n) is 3.21. The molecule has 0 aliphatic carbocycles. The summed E-state index contributed by atoms with van der Waals surface area (Å²) >= 11 is 7.21. The molecule has 0 unspecified atom stereocenters. The van der Waals surface area contributed by atoms with Crippen molar-refractivity contribution in [1.29, 1.82) is 0 Å². The Hall–Kier alpha value is -0.780. The maximum absolute atomic E-state index is 10.8. The number of hydrogen-bond acceptors (Lipinski definition) is 4. The van der Waals surface area contributed by atoms with E-state index < -0.39 is 5.97 Å². The number of carbonyl (C=O) groups is 1. The van der Waals surface area contributed by atoms with E-state index in [1.54, 1.807) is 17.4 Å². The predicted molar refractivity (Wildman–Crippen MR) is 72.1 cm³/mol. The standard InChI is InChI=1S/C11H10O2S3/c12-11(13)10-4-3-9(16-10)8-2-1-7(15-8)5-6-14/h1-4,14H,5-6H2,(H,12,13). The van der Waals surface area contributed by atoms with Crippen LogP contribution in [0.15, 0.2) is 24.3 Å². The first-order chi connectivity index (χ1) is 7.70. The van der Waals surface area contributed by atoms with Gasteiger partial charge >= 0.3 is 5.97 Å². The smallest absolute Gasteiger partial charge is 0.345 e. The Morgan fingerprint density at radius 3 is 2.50 bits per heavy atom. The van der Waals surface area contributed by atoms with E-state index in [1.165, 1.54) is 16.2 Å². The number of carboxylic acid groups (broad SMARTS) is 1. The van der Waals surface area contributed by atoms with Crippen LogP contribution >= 0.6 is 35.3 Å². The van der Waals surface area contributed by atoms with Crippen LogP contribution in [-0.2, 0) is 6.42 Å². The van der Waals surface area contributed by atoms with Crippen LogP contribution in [0.3, 0.4) is 0 Å².